The molecule has 22 heavy (non-hydrogen) atoms. The van der Waals surface area contributed by atoms with Crippen LogP contribution in [0.15, 0.2) is 30.3 Å². The van der Waals surface area contributed by atoms with Crippen molar-refractivity contribution >= 4 is 5.82 Å². The summed E-state index contributed by atoms with van der Waals surface area (Å²) < 4.78 is 12.9. The molecule has 0 spiro atoms. The van der Waals surface area contributed by atoms with E-state index in [1.807, 2.05) is 51.1 Å². The average Bonchev–Trinajstić information content (AvgIpc) is 2.80. The van der Waals surface area contributed by atoms with Gasteiger partial charge in [0.15, 0.2) is 0 Å². The van der Waals surface area contributed by atoms with Crippen LogP contribution in [-0.4, -0.2) is 40.3 Å². The highest BCUT2D eigenvalue weighted by Crippen LogP contribution is 2.25. The molecule has 0 aliphatic carbocycles. The molecule has 0 aliphatic rings. The Morgan fingerprint density at radius 1 is 1.27 bits per heavy atom. The van der Waals surface area contributed by atoms with Gasteiger partial charge in [-0.15, -0.1) is 5.10 Å². The Labute approximate surface area is 130 Å². The fourth-order valence-corrected chi connectivity index (χ4v) is 2.08. The molecule has 2 rings (SSSR count). The number of aromatic nitrogens is 2. The third-order valence-corrected chi connectivity index (χ3v) is 3.20. The molecule has 2 aromatic rings. The topological polar surface area (TPSA) is 82.5 Å². The smallest absolute Gasteiger partial charge is 0.238 e. The molecule has 0 radical (unpaired) electrons. The zero-order chi connectivity index (χ0) is 16.1. The van der Waals surface area contributed by atoms with Crippen LogP contribution in [0.4, 0.5) is 5.82 Å². The molecule has 0 aliphatic heterocycles. The number of rotatable bonds is 7. The predicted octanol–water partition coefficient (Wildman–Crippen LogP) is 1.93. The minimum atomic E-state index is -0.387. The highest BCUT2D eigenvalue weighted by Gasteiger charge is 2.17. The molecule has 0 bridgehead atoms. The fourth-order valence-electron chi connectivity index (χ4n) is 2.08. The van der Waals surface area contributed by atoms with Gasteiger partial charge in [-0.1, -0.05) is 18.2 Å². The van der Waals surface area contributed by atoms with E-state index in [1.165, 1.54) is 0 Å². The number of aliphatic hydroxyl groups is 1. The first kappa shape index (κ1) is 16.3. The van der Waals surface area contributed by atoms with Crippen molar-refractivity contribution in [2.75, 3.05) is 18.9 Å². The van der Waals surface area contributed by atoms with Gasteiger partial charge in [0.25, 0.3) is 0 Å². The molecule has 120 valence electrons. The van der Waals surface area contributed by atoms with E-state index >= 15 is 0 Å². The molecular weight excluding hydrogens is 282 g/mol. The first-order valence-corrected chi connectivity index (χ1v) is 7.32. The summed E-state index contributed by atoms with van der Waals surface area (Å²) in [4.78, 5) is 0. The molecule has 1 atom stereocenters. The predicted molar refractivity (Wildman–Crippen MR) is 85.3 cm³/mol. The van der Waals surface area contributed by atoms with Crippen LogP contribution in [0.1, 0.15) is 19.4 Å². The van der Waals surface area contributed by atoms with E-state index in [0.29, 0.717) is 11.7 Å². The molecule has 1 unspecified atom stereocenters. The molecule has 1 heterocycles. The molecule has 1 aromatic carbocycles. The molecule has 1 aromatic heterocycles. The van der Waals surface area contributed by atoms with Crippen molar-refractivity contribution in [2.24, 2.45) is 0 Å². The molecule has 6 nitrogen and oxygen atoms in total. The second-order valence-corrected chi connectivity index (χ2v) is 5.36. The van der Waals surface area contributed by atoms with E-state index in [9.17, 15) is 5.11 Å². The quantitative estimate of drug-likeness (QED) is 0.816. The number of hydrogen-bond acceptors (Lipinski definition) is 5. The van der Waals surface area contributed by atoms with Gasteiger partial charge in [0, 0.05) is 0 Å². The van der Waals surface area contributed by atoms with Crippen molar-refractivity contribution in [3.8, 4) is 11.6 Å². The number of nitrogens with two attached hydrogens (primary N) is 1. The normalized spacial score (nSPS) is 12.6. The fraction of sp³-hybridized carbons (Fsp3) is 0.438. The summed E-state index contributed by atoms with van der Waals surface area (Å²) in [7, 11) is 0. The van der Waals surface area contributed by atoms with Gasteiger partial charge >= 0.3 is 0 Å². The van der Waals surface area contributed by atoms with Crippen molar-refractivity contribution in [3.05, 3.63) is 35.9 Å². The number of nitrogens with zero attached hydrogens (tertiary/aromatic N) is 2. The second kappa shape index (κ2) is 7.29. The third-order valence-electron chi connectivity index (χ3n) is 3.20. The van der Waals surface area contributed by atoms with Crippen molar-refractivity contribution in [3.63, 3.8) is 0 Å². The standard InChI is InChI=1S/C16H23N3O3/c1-11(2)22-14(9-20)10-21-16-12(3)15(17)19(18-16)13-7-5-4-6-8-13/h4-8,11,14,20H,9-10,17H2,1-3H3. The maximum Gasteiger partial charge on any atom is 0.238 e. The van der Waals surface area contributed by atoms with E-state index in [4.69, 9.17) is 15.2 Å². The maximum absolute atomic E-state index is 9.30. The highest BCUT2D eigenvalue weighted by molar-refractivity contribution is 5.51. The Bertz CT molecular complexity index is 596. The molecule has 0 saturated heterocycles. The summed E-state index contributed by atoms with van der Waals surface area (Å²) in [6, 6.07) is 9.62. The highest BCUT2D eigenvalue weighted by atomic mass is 16.5. The molecule has 3 N–H and O–H groups in total. The third kappa shape index (κ3) is 3.78. The van der Waals surface area contributed by atoms with Crippen LogP contribution in [-0.2, 0) is 4.74 Å². The van der Waals surface area contributed by atoms with E-state index in [1.54, 1.807) is 4.68 Å². The second-order valence-electron chi connectivity index (χ2n) is 5.36. The lowest BCUT2D eigenvalue weighted by atomic mass is 10.3. The van der Waals surface area contributed by atoms with Gasteiger partial charge in [-0.05, 0) is 32.9 Å². The van der Waals surface area contributed by atoms with Crippen molar-refractivity contribution < 1.29 is 14.6 Å². The van der Waals surface area contributed by atoms with E-state index in [-0.39, 0.29) is 25.4 Å². The van der Waals surface area contributed by atoms with Gasteiger partial charge in [0.05, 0.1) is 24.0 Å². The van der Waals surface area contributed by atoms with Crippen LogP contribution in [0, 0.1) is 6.92 Å². The monoisotopic (exact) mass is 305 g/mol. The Morgan fingerprint density at radius 2 is 1.95 bits per heavy atom. The van der Waals surface area contributed by atoms with E-state index in [0.717, 1.165) is 11.3 Å². The SMILES string of the molecule is Cc1c(OCC(CO)OC(C)C)nn(-c2ccccc2)c1N. The largest absolute Gasteiger partial charge is 0.473 e. The minimum absolute atomic E-state index is 0.0220. The van der Waals surface area contributed by atoms with Gasteiger partial charge in [0.2, 0.25) is 5.88 Å². The lowest BCUT2D eigenvalue weighted by molar-refractivity contribution is -0.0451. The summed E-state index contributed by atoms with van der Waals surface area (Å²) in [5, 5.41) is 13.7. The van der Waals surface area contributed by atoms with E-state index in [2.05, 4.69) is 5.10 Å². The number of para-hydroxylation sites is 1. The molecule has 0 amide bonds. The summed E-state index contributed by atoms with van der Waals surface area (Å²) in [6.45, 7) is 5.80. The first-order chi connectivity index (χ1) is 10.5. The molecular formula is C16H23N3O3. The summed E-state index contributed by atoms with van der Waals surface area (Å²) in [6.07, 6.45) is -0.365. The number of benzene rings is 1. The Kier molecular flexibility index (Phi) is 5.41. The van der Waals surface area contributed by atoms with Crippen molar-refractivity contribution in [1.82, 2.24) is 9.78 Å². The van der Waals surface area contributed by atoms with E-state index < -0.39 is 0 Å². The minimum Gasteiger partial charge on any atom is -0.473 e. The van der Waals surface area contributed by atoms with Crippen LogP contribution >= 0.6 is 0 Å². The number of nitrogen functional groups attached to an aromatic ring is 1. The van der Waals surface area contributed by atoms with Crippen LogP contribution in [0.2, 0.25) is 0 Å². The Hall–Kier alpha value is -2.05. The van der Waals surface area contributed by atoms with Gasteiger partial charge in [-0.25, -0.2) is 4.68 Å². The lowest BCUT2D eigenvalue weighted by Crippen LogP contribution is -2.28. The molecule has 0 saturated carbocycles. The summed E-state index contributed by atoms with van der Waals surface area (Å²) in [5.41, 5.74) is 7.73. The van der Waals surface area contributed by atoms with Gasteiger partial charge in [-0.3, -0.25) is 0 Å². The Balaban J connectivity index is 2.13. The molecule has 6 heteroatoms. The lowest BCUT2D eigenvalue weighted by Gasteiger charge is -2.18. The summed E-state index contributed by atoms with van der Waals surface area (Å²) >= 11 is 0. The van der Waals surface area contributed by atoms with Crippen molar-refractivity contribution in [1.29, 1.82) is 0 Å². The zero-order valence-electron chi connectivity index (χ0n) is 13.2. The Morgan fingerprint density at radius 3 is 2.55 bits per heavy atom. The summed E-state index contributed by atoms with van der Waals surface area (Å²) in [5.74, 6) is 0.985. The van der Waals surface area contributed by atoms with Crippen LogP contribution in [0.5, 0.6) is 5.88 Å². The zero-order valence-corrected chi connectivity index (χ0v) is 13.2. The maximum atomic E-state index is 9.30. The first-order valence-electron chi connectivity index (χ1n) is 7.32. The average molecular weight is 305 g/mol. The van der Waals surface area contributed by atoms with Gasteiger partial charge in [-0.2, -0.15) is 0 Å². The molecule has 0 fully saturated rings. The van der Waals surface area contributed by atoms with Crippen LogP contribution < -0.4 is 10.5 Å². The number of ether oxygens (including phenoxy) is 2. The number of aliphatic hydroxyl groups excluding tert-OH is 1. The number of anilines is 1. The van der Waals surface area contributed by atoms with Crippen molar-refractivity contribution in [2.45, 2.75) is 33.0 Å². The van der Waals surface area contributed by atoms with Crippen LogP contribution in [0.3, 0.4) is 0 Å². The van der Waals surface area contributed by atoms with Crippen LogP contribution in [0.25, 0.3) is 5.69 Å². The van der Waals surface area contributed by atoms with Gasteiger partial charge < -0.3 is 20.3 Å². The van der Waals surface area contributed by atoms with Gasteiger partial charge in [0.1, 0.15) is 18.5 Å². The number of hydrogen-bond donors (Lipinski definition) is 2.